The van der Waals surface area contributed by atoms with Crippen LogP contribution in [0.2, 0.25) is 0 Å². The number of nitrogens with two attached hydrogens (primary N) is 1. The minimum atomic E-state index is -4.52. The number of unbranched alkanes of at least 4 members (excludes halogenated alkanes) is 1. The smallest absolute Gasteiger partial charge is 0.290 e. The Hall–Kier alpha value is -4.13. The predicted molar refractivity (Wildman–Crippen MR) is 187 cm³/mol. The fraction of sp³-hybridized carbons (Fsp3) is 0.312. The van der Waals surface area contributed by atoms with Crippen molar-refractivity contribution in [2.45, 2.75) is 39.0 Å². The molecule has 0 spiro atoms. The van der Waals surface area contributed by atoms with E-state index in [9.17, 15) is 29.8 Å². The van der Waals surface area contributed by atoms with E-state index >= 15 is 0 Å². The molecule has 0 amide bonds. The lowest BCUT2D eigenvalue weighted by atomic mass is 9.86. The maximum absolute atomic E-state index is 12.0. The molecule has 0 aromatic heterocycles. The second kappa shape index (κ2) is 15.6. The number of benzene rings is 2. The summed E-state index contributed by atoms with van der Waals surface area (Å²) in [5, 5.41) is 11.9. The van der Waals surface area contributed by atoms with Gasteiger partial charge in [0.05, 0.1) is 34.4 Å². The molecule has 0 bridgehead atoms. The van der Waals surface area contributed by atoms with E-state index in [0.717, 1.165) is 16.7 Å². The number of ether oxygens (including phenoxy) is 1. The lowest BCUT2D eigenvalue weighted by molar-refractivity contribution is 0.218. The van der Waals surface area contributed by atoms with Crippen LogP contribution in [0.3, 0.4) is 0 Å². The van der Waals surface area contributed by atoms with Crippen LogP contribution < -0.4 is 11.1 Å². The summed E-state index contributed by atoms with van der Waals surface area (Å²) in [6.07, 6.45) is 7.79. The molecule has 4 rings (SSSR count). The van der Waals surface area contributed by atoms with E-state index in [1.807, 2.05) is 13.0 Å². The van der Waals surface area contributed by atoms with Crippen molar-refractivity contribution in [2.75, 3.05) is 23.8 Å². The van der Waals surface area contributed by atoms with E-state index in [4.69, 9.17) is 19.6 Å². The van der Waals surface area contributed by atoms with E-state index < -0.39 is 42.0 Å². The van der Waals surface area contributed by atoms with Crippen LogP contribution >= 0.6 is 0 Å². The van der Waals surface area contributed by atoms with Crippen molar-refractivity contribution in [3.63, 3.8) is 0 Å². The Balaban J connectivity index is 1.41. The predicted octanol–water partition coefficient (Wildman–Crippen LogP) is 5.56. The highest BCUT2D eigenvalue weighted by molar-refractivity contribution is 7.89. The number of azo groups is 1. The molecule has 0 aliphatic heterocycles. The van der Waals surface area contributed by atoms with Gasteiger partial charge in [0.15, 0.2) is 0 Å². The largest absolute Gasteiger partial charge is 0.493 e. The summed E-state index contributed by atoms with van der Waals surface area (Å²) < 4.78 is 101. The average Bonchev–Trinajstić information content (AvgIpc) is 3.00. The molecule has 0 heterocycles. The number of rotatable bonds is 16. The van der Waals surface area contributed by atoms with Gasteiger partial charge < -0.3 is 15.8 Å². The molecule has 2 aliphatic rings. The summed E-state index contributed by atoms with van der Waals surface area (Å²) in [5.41, 5.74) is 12.1. The van der Waals surface area contributed by atoms with Crippen molar-refractivity contribution in [1.82, 2.24) is 5.32 Å². The number of fused-ring (bicyclic) bond motifs is 1. The van der Waals surface area contributed by atoms with Gasteiger partial charge in [0.2, 0.25) is 0 Å². The summed E-state index contributed by atoms with van der Waals surface area (Å²) in [5.74, 6) is -1.13. The Morgan fingerprint density at radius 3 is 2.29 bits per heavy atom. The monoisotopic (exact) mass is 734 g/mol. The van der Waals surface area contributed by atoms with Crippen LogP contribution in [0.4, 0.5) is 17.1 Å². The minimum absolute atomic E-state index is 0.0171. The van der Waals surface area contributed by atoms with Gasteiger partial charge in [-0.1, -0.05) is 30.9 Å². The van der Waals surface area contributed by atoms with Crippen molar-refractivity contribution in [3.05, 3.63) is 106 Å². The number of aryl methyl sites for hydroxylation is 2. The van der Waals surface area contributed by atoms with Gasteiger partial charge in [-0.2, -0.15) is 35.5 Å². The molecule has 2 aromatic rings. The normalized spacial score (nSPS) is 16.7. The summed E-state index contributed by atoms with van der Waals surface area (Å²) >= 11 is 0. The number of nitrogens with one attached hydrogen (secondary N) is 1. The van der Waals surface area contributed by atoms with Gasteiger partial charge in [0, 0.05) is 28.6 Å². The first kappa shape index (κ1) is 37.7. The summed E-state index contributed by atoms with van der Waals surface area (Å²) in [7, 11) is -12.7. The number of allylic oxidation sites excluding steroid dienone is 6. The minimum Gasteiger partial charge on any atom is -0.493 e. The van der Waals surface area contributed by atoms with Crippen LogP contribution in [-0.2, 0) is 41.5 Å². The standard InChI is InChI=1S/C32H38N4O10S3/c1-21-16-30(33)24(6-3-4-14-47(37,38)39)19-31(21)36-35-26-9-7-23(8-10-26)22(2)34-27-11-12-29-25(17-27)18-28(49(43,44)45)20-32(29)46-13-5-15-48(40,41)42/h7-12,16-17,19-20,25,34H,2-6,13-15,18,33H2,1H3,(H,37,38,39)(H,40,41,42)(H,43,44,45). The van der Waals surface area contributed by atoms with Crippen LogP contribution in [-0.4, -0.2) is 57.0 Å². The molecule has 6 N–H and O–H groups in total. The number of hydrogen-bond donors (Lipinski definition) is 5. The third-order valence-electron chi connectivity index (χ3n) is 7.70. The molecule has 49 heavy (non-hydrogen) atoms. The first-order chi connectivity index (χ1) is 22.9. The zero-order chi connectivity index (χ0) is 36.0. The Kier molecular flexibility index (Phi) is 12.0. The van der Waals surface area contributed by atoms with E-state index in [2.05, 4.69) is 22.1 Å². The number of nitrogen functional groups attached to an aromatic ring is 1. The lowest BCUT2D eigenvalue weighted by Gasteiger charge is -2.27. The first-order valence-electron chi connectivity index (χ1n) is 15.1. The highest BCUT2D eigenvalue weighted by Gasteiger charge is 2.30. The lowest BCUT2D eigenvalue weighted by Crippen LogP contribution is -2.21. The summed E-state index contributed by atoms with van der Waals surface area (Å²) in [6, 6.07) is 10.7. The number of hydrogen-bond acceptors (Lipinski definition) is 11. The van der Waals surface area contributed by atoms with Crippen molar-refractivity contribution < 1.29 is 43.6 Å². The van der Waals surface area contributed by atoms with E-state index in [0.29, 0.717) is 53.3 Å². The van der Waals surface area contributed by atoms with Crippen molar-refractivity contribution in [3.8, 4) is 0 Å². The van der Waals surface area contributed by atoms with Crippen LogP contribution in [0, 0.1) is 12.8 Å². The molecule has 17 heteroatoms. The van der Waals surface area contributed by atoms with Gasteiger partial charge in [-0.25, -0.2) is 0 Å². The Morgan fingerprint density at radius 2 is 1.63 bits per heavy atom. The molecule has 2 aromatic carbocycles. The van der Waals surface area contributed by atoms with Gasteiger partial charge in [0.25, 0.3) is 30.4 Å². The Bertz CT molecular complexity index is 2080. The molecular weight excluding hydrogens is 697 g/mol. The van der Waals surface area contributed by atoms with Gasteiger partial charge in [0.1, 0.15) is 5.76 Å². The van der Waals surface area contributed by atoms with E-state index in [1.165, 1.54) is 6.08 Å². The van der Waals surface area contributed by atoms with E-state index in [1.54, 1.807) is 48.6 Å². The average molecular weight is 735 g/mol. The fourth-order valence-corrected chi connectivity index (χ4v) is 6.89. The maximum atomic E-state index is 12.0. The summed E-state index contributed by atoms with van der Waals surface area (Å²) in [6.45, 7) is 5.86. The molecule has 2 aliphatic carbocycles. The van der Waals surface area contributed by atoms with Gasteiger partial charge in [-0.05, 0) is 92.1 Å². The molecule has 14 nitrogen and oxygen atoms in total. The SMILES string of the molecule is C=C(NC1=CC2CC(S(=O)(=O)O)=CC(OCCCS(=O)(=O)O)=C2C=C1)c1ccc(N=Nc2cc(CCCCS(=O)(=O)O)c(N)cc2C)cc1. The summed E-state index contributed by atoms with van der Waals surface area (Å²) in [4.78, 5) is -0.249. The molecule has 1 atom stereocenters. The molecule has 1 unspecified atom stereocenters. The first-order valence-corrected chi connectivity index (χ1v) is 19.8. The zero-order valence-electron chi connectivity index (χ0n) is 26.6. The topological polar surface area (TPSA) is 235 Å². The third kappa shape index (κ3) is 11.5. The van der Waals surface area contributed by atoms with Crippen molar-refractivity contribution >= 4 is 53.1 Å². The second-order valence-corrected chi connectivity index (χ2v) is 16.2. The van der Waals surface area contributed by atoms with Gasteiger partial charge in [-0.15, -0.1) is 0 Å². The highest BCUT2D eigenvalue weighted by atomic mass is 32.2. The molecule has 0 fully saturated rings. The Labute approximate surface area is 286 Å². The number of nitrogens with zero attached hydrogens (tertiary/aromatic N) is 2. The van der Waals surface area contributed by atoms with E-state index in [-0.39, 0.29) is 35.9 Å². The quantitative estimate of drug-likeness (QED) is 0.0617. The van der Waals surface area contributed by atoms with Gasteiger partial charge >= 0.3 is 0 Å². The van der Waals surface area contributed by atoms with Crippen LogP contribution in [0.1, 0.15) is 42.4 Å². The van der Waals surface area contributed by atoms with Crippen LogP contribution in [0.25, 0.3) is 5.70 Å². The van der Waals surface area contributed by atoms with Crippen molar-refractivity contribution in [1.29, 1.82) is 0 Å². The molecule has 0 radical (unpaired) electrons. The fourth-order valence-electron chi connectivity index (χ4n) is 5.19. The zero-order valence-corrected chi connectivity index (χ0v) is 29.1. The Morgan fingerprint density at radius 1 is 0.959 bits per heavy atom. The third-order valence-corrected chi connectivity index (χ3v) is 10.3. The molecular formula is C32H38N4O10S3. The second-order valence-electron chi connectivity index (χ2n) is 11.6. The van der Waals surface area contributed by atoms with Gasteiger partial charge in [-0.3, -0.25) is 13.7 Å². The number of anilines is 1. The van der Waals surface area contributed by atoms with Crippen LogP contribution in [0.5, 0.6) is 0 Å². The molecule has 0 saturated heterocycles. The molecule has 0 saturated carbocycles. The maximum Gasteiger partial charge on any atom is 0.290 e. The van der Waals surface area contributed by atoms with Crippen molar-refractivity contribution in [2.24, 2.45) is 16.1 Å². The van der Waals surface area contributed by atoms with Crippen LogP contribution in [0.15, 0.2) is 99.4 Å². The highest BCUT2D eigenvalue weighted by Crippen LogP contribution is 2.37. The molecule has 264 valence electrons.